The summed E-state index contributed by atoms with van der Waals surface area (Å²) in [6.45, 7) is 1.47. The van der Waals surface area contributed by atoms with Crippen molar-refractivity contribution in [3.63, 3.8) is 0 Å². The van der Waals surface area contributed by atoms with Gasteiger partial charge in [0, 0.05) is 0 Å². The van der Waals surface area contributed by atoms with E-state index in [1.807, 2.05) is 0 Å². The second-order valence-corrected chi connectivity index (χ2v) is 4.10. The van der Waals surface area contributed by atoms with Gasteiger partial charge in [0.25, 0.3) is 0 Å². The highest BCUT2D eigenvalue weighted by molar-refractivity contribution is 6.42. The first kappa shape index (κ1) is 13.1. The molecule has 0 radical (unpaired) electrons. The van der Waals surface area contributed by atoms with Crippen LogP contribution in [0.5, 0.6) is 0 Å². The van der Waals surface area contributed by atoms with E-state index < -0.39 is 18.2 Å². The minimum absolute atomic E-state index is 0.240. The Morgan fingerprint density at radius 1 is 1.44 bits per heavy atom. The summed E-state index contributed by atoms with van der Waals surface area (Å²) in [5.41, 5.74) is 0.451. The minimum atomic E-state index is -1.23. The van der Waals surface area contributed by atoms with Crippen LogP contribution in [0.4, 0.5) is 4.79 Å². The van der Waals surface area contributed by atoms with Crippen LogP contribution < -0.4 is 5.32 Å². The molecule has 4 nitrogen and oxygen atoms in total. The molecular weight excluding hydrogens is 253 g/mol. The molecule has 0 saturated heterocycles. The standard InChI is InChI=1S/C10H11Cl2NO3/c1-5(14)9(13-10(15)16)6-3-2-4-7(11)8(6)12/h2-5,9,13-14H,1H3,(H,15,16)/t5-,9?/m1/s1. The van der Waals surface area contributed by atoms with Crippen molar-refractivity contribution >= 4 is 29.3 Å². The van der Waals surface area contributed by atoms with Crippen LogP contribution in [0, 0.1) is 0 Å². The Hall–Kier alpha value is -0.970. The number of carboxylic acid groups (broad SMARTS) is 1. The molecule has 1 rings (SSSR count). The lowest BCUT2D eigenvalue weighted by atomic mass is 10.0. The lowest BCUT2D eigenvalue weighted by molar-refractivity contribution is 0.133. The summed E-state index contributed by atoms with van der Waals surface area (Å²) in [6.07, 6.45) is -2.14. The molecule has 0 saturated carbocycles. The number of aliphatic hydroxyl groups is 1. The van der Waals surface area contributed by atoms with Crippen molar-refractivity contribution in [1.82, 2.24) is 5.32 Å². The van der Waals surface area contributed by atoms with E-state index in [0.717, 1.165) is 0 Å². The fourth-order valence-electron chi connectivity index (χ4n) is 1.35. The maximum absolute atomic E-state index is 10.6. The smallest absolute Gasteiger partial charge is 0.405 e. The molecule has 0 fully saturated rings. The minimum Gasteiger partial charge on any atom is -0.465 e. The van der Waals surface area contributed by atoms with E-state index in [9.17, 15) is 9.90 Å². The second-order valence-electron chi connectivity index (χ2n) is 3.31. The van der Waals surface area contributed by atoms with Crippen molar-refractivity contribution in [3.8, 4) is 0 Å². The first-order valence-corrected chi connectivity index (χ1v) is 5.30. The molecule has 1 aromatic carbocycles. The number of halogens is 2. The van der Waals surface area contributed by atoms with Gasteiger partial charge in [0.1, 0.15) is 0 Å². The number of aliphatic hydroxyl groups excluding tert-OH is 1. The van der Waals surface area contributed by atoms with Crippen LogP contribution in [0.2, 0.25) is 10.0 Å². The van der Waals surface area contributed by atoms with Crippen LogP contribution in [0.15, 0.2) is 18.2 Å². The lowest BCUT2D eigenvalue weighted by Crippen LogP contribution is -2.34. The molecule has 0 aromatic heterocycles. The predicted molar refractivity (Wildman–Crippen MR) is 62.0 cm³/mol. The topological polar surface area (TPSA) is 69.6 Å². The Morgan fingerprint density at radius 3 is 2.56 bits per heavy atom. The second kappa shape index (κ2) is 5.39. The highest BCUT2D eigenvalue weighted by Crippen LogP contribution is 2.31. The molecule has 6 heteroatoms. The van der Waals surface area contributed by atoms with Gasteiger partial charge < -0.3 is 15.5 Å². The summed E-state index contributed by atoms with van der Waals surface area (Å²) in [7, 11) is 0. The van der Waals surface area contributed by atoms with Gasteiger partial charge in [-0.3, -0.25) is 0 Å². The molecule has 1 amide bonds. The van der Waals surface area contributed by atoms with Crippen molar-refractivity contribution in [2.24, 2.45) is 0 Å². The van der Waals surface area contributed by atoms with Gasteiger partial charge in [-0.15, -0.1) is 0 Å². The fraction of sp³-hybridized carbons (Fsp3) is 0.300. The average molecular weight is 264 g/mol. The van der Waals surface area contributed by atoms with E-state index in [4.69, 9.17) is 28.3 Å². The third-order valence-corrected chi connectivity index (χ3v) is 2.91. The molecule has 2 atom stereocenters. The molecule has 0 heterocycles. The summed E-state index contributed by atoms with van der Waals surface area (Å²) < 4.78 is 0. The zero-order valence-corrected chi connectivity index (χ0v) is 9.96. The number of hydrogen-bond donors (Lipinski definition) is 3. The van der Waals surface area contributed by atoms with Crippen molar-refractivity contribution in [2.75, 3.05) is 0 Å². The van der Waals surface area contributed by atoms with Gasteiger partial charge in [-0.2, -0.15) is 0 Å². The van der Waals surface area contributed by atoms with Gasteiger partial charge in [0.05, 0.1) is 22.2 Å². The zero-order chi connectivity index (χ0) is 12.3. The maximum Gasteiger partial charge on any atom is 0.405 e. The molecule has 0 bridgehead atoms. The molecule has 0 spiro atoms. The van der Waals surface area contributed by atoms with Gasteiger partial charge in [-0.25, -0.2) is 4.79 Å². The van der Waals surface area contributed by atoms with Gasteiger partial charge in [-0.1, -0.05) is 35.3 Å². The Bertz CT molecular complexity index is 396. The quantitative estimate of drug-likeness (QED) is 0.786. The average Bonchev–Trinajstić information content (AvgIpc) is 2.18. The first-order chi connectivity index (χ1) is 7.43. The van der Waals surface area contributed by atoms with Crippen LogP contribution in [0.25, 0.3) is 0 Å². The maximum atomic E-state index is 10.6. The highest BCUT2D eigenvalue weighted by atomic mass is 35.5. The Kier molecular flexibility index (Phi) is 4.41. The summed E-state index contributed by atoms with van der Waals surface area (Å²) in [4.78, 5) is 10.6. The number of rotatable bonds is 3. The van der Waals surface area contributed by atoms with Crippen molar-refractivity contribution in [3.05, 3.63) is 33.8 Å². The van der Waals surface area contributed by atoms with Crippen LogP contribution >= 0.6 is 23.2 Å². The van der Waals surface area contributed by atoms with E-state index in [-0.39, 0.29) is 5.02 Å². The molecule has 0 aliphatic heterocycles. The van der Waals surface area contributed by atoms with Crippen LogP contribution in [0.3, 0.4) is 0 Å². The van der Waals surface area contributed by atoms with Gasteiger partial charge in [0.2, 0.25) is 0 Å². The molecule has 88 valence electrons. The molecule has 3 N–H and O–H groups in total. The van der Waals surface area contributed by atoms with Crippen LogP contribution in [-0.2, 0) is 0 Å². The monoisotopic (exact) mass is 263 g/mol. The third kappa shape index (κ3) is 3.01. The van der Waals surface area contributed by atoms with Crippen molar-refractivity contribution < 1.29 is 15.0 Å². The molecule has 1 unspecified atom stereocenters. The largest absolute Gasteiger partial charge is 0.465 e. The third-order valence-electron chi connectivity index (χ3n) is 2.08. The van der Waals surface area contributed by atoms with Gasteiger partial charge in [-0.05, 0) is 18.6 Å². The van der Waals surface area contributed by atoms with Crippen molar-refractivity contribution in [1.29, 1.82) is 0 Å². The molecule has 1 aromatic rings. The molecular formula is C10H11Cl2NO3. The SMILES string of the molecule is C[C@@H](O)C(NC(=O)O)c1cccc(Cl)c1Cl. The highest BCUT2D eigenvalue weighted by Gasteiger charge is 2.22. The van der Waals surface area contributed by atoms with E-state index >= 15 is 0 Å². The summed E-state index contributed by atoms with van der Waals surface area (Å²) >= 11 is 11.7. The van der Waals surface area contributed by atoms with Gasteiger partial charge >= 0.3 is 6.09 Å². The van der Waals surface area contributed by atoms with E-state index in [0.29, 0.717) is 10.6 Å². The Morgan fingerprint density at radius 2 is 2.06 bits per heavy atom. The molecule has 16 heavy (non-hydrogen) atoms. The Balaban J connectivity index is 3.10. The lowest BCUT2D eigenvalue weighted by Gasteiger charge is -2.21. The Labute approximate surface area is 103 Å². The summed E-state index contributed by atoms with van der Waals surface area (Å²) in [5.74, 6) is 0. The fourth-order valence-corrected chi connectivity index (χ4v) is 1.78. The number of carbonyl (C=O) groups is 1. The number of hydrogen-bond acceptors (Lipinski definition) is 2. The number of benzene rings is 1. The van der Waals surface area contributed by atoms with E-state index in [1.54, 1.807) is 18.2 Å². The summed E-state index contributed by atoms with van der Waals surface area (Å²) in [5, 5.41) is 20.9. The van der Waals surface area contributed by atoms with Crippen LogP contribution in [0.1, 0.15) is 18.5 Å². The van der Waals surface area contributed by atoms with Crippen LogP contribution in [-0.4, -0.2) is 22.4 Å². The van der Waals surface area contributed by atoms with E-state index in [1.165, 1.54) is 6.92 Å². The normalized spacial score (nSPS) is 14.2. The number of nitrogens with one attached hydrogen (secondary N) is 1. The predicted octanol–water partition coefficient (Wildman–Crippen LogP) is 2.68. The first-order valence-electron chi connectivity index (χ1n) is 4.55. The summed E-state index contributed by atoms with van der Waals surface area (Å²) in [6, 6.07) is 4.04. The van der Waals surface area contributed by atoms with Gasteiger partial charge in [0.15, 0.2) is 0 Å². The van der Waals surface area contributed by atoms with E-state index in [2.05, 4.69) is 5.32 Å². The number of amides is 1. The van der Waals surface area contributed by atoms with Crippen molar-refractivity contribution in [2.45, 2.75) is 19.1 Å². The zero-order valence-electron chi connectivity index (χ0n) is 8.45. The molecule has 0 aliphatic carbocycles. The molecule has 0 aliphatic rings.